The highest BCUT2D eigenvalue weighted by Crippen LogP contribution is 2.30. The van der Waals surface area contributed by atoms with Crippen molar-refractivity contribution in [2.24, 2.45) is 0 Å². The van der Waals surface area contributed by atoms with Crippen LogP contribution in [-0.2, 0) is 19.3 Å². The fourth-order valence-corrected chi connectivity index (χ4v) is 4.58. The number of H-pyrrole nitrogens is 1. The number of aromatic nitrogens is 2. The van der Waals surface area contributed by atoms with E-state index in [1.54, 1.807) is 0 Å². The monoisotopic (exact) mass is 468 g/mol. The van der Waals surface area contributed by atoms with Gasteiger partial charge in [-0.25, -0.2) is 13.8 Å². The van der Waals surface area contributed by atoms with Crippen molar-refractivity contribution < 1.29 is 18.7 Å². The van der Waals surface area contributed by atoms with Gasteiger partial charge in [0, 0.05) is 18.7 Å². The number of nitrogens with zero attached hydrogens (tertiary/aromatic N) is 1. The number of aliphatic hydroxyl groups excluding tert-OH is 1. The van der Waals surface area contributed by atoms with Crippen LogP contribution in [0.5, 0.6) is 0 Å². The zero-order valence-electron chi connectivity index (χ0n) is 19.2. The molecule has 1 amide bonds. The third kappa shape index (κ3) is 5.87. The Morgan fingerprint density at radius 1 is 1.21 bits per heavy atom. The number of aliphatic hydroxyl groups is 1. The van der Waals surface area contributed by atoms with E-state index < -0.39 is 29.7 Å². The number of aromatic amines is 1. The smallest absolute Gasteiger partial charge is 0.269 e. The summed E-state index contributed by atoms with van der Waals surface area (Å²) in [7, 11) is 0. The van der Waals surface area contributed by atoms with Gasteiger partial charge in [-0.15, -0.1) is 0 Å². The molecule has 0 fully saturated rings. The summed E-state index contributed by atoms with van der Waals surface area (Å²) in [5, 5.41) is 17.3. The molecular formula is C26H30F2N4O2. The molecule has 0 bridgehead atoms. The SMILES string of the molecule is CCc1ccc2c(c1)[C@@H](NC[C@H](O)[C@H](Cc1cc(F)cc(F)c1)NC(=O)c1cnc[nH]1)CCC2. The average Bonchev–Trinajstić information content (AvgIpc) is 3.36. The minimum absolute atomic E-state index is 0.0681. The second-order valence-electron chi connectivity index (χ2n) is 8.83. The van der Waals surface area contributed by atoms with E-state index in [0.717, 1.165) is 31.7 Å². The van der Waals surface area contributed by atoms with Crippen LogP contribution in [0.2, 0.25) is 0 Å². The molecule has 0 spiro atoms. The summed E-state index contributed by atoms with van der Waals surface area (Å²) in [5.41, 5.74) is 4.43. The Bertz CT molecular complexity index is 1100. The van der Waals surface area contributed by atoms with Crippen LogP contribution in [0.4, 0.5) is 8.78 Å². The number of aryl methyl sites for hydroxylation is 2. The highest BCUT2D eigenvalue weighted by atomic mass is 19.1. The van der Waals surface area contributed by atoms with Crippen LogP contribution >= 0.6 is 0 Å². The maximum atomic E-state index is 13.7. The van der Waals surface area contributed by atoms with Crippen molar-refractivity contribution in [2.45, 2.75) is 57.2 Å². The summed E-state index contributed by atoms with van der Waals surface area (Å²) in [6.07, 6.45) is 5.83. The number of carbonyl (C=O) groups is 1. The van der Waals surface area contributed by atoms with Gasteiger partial charge in [0.2, 0.25) is 0 Å². The second-order valence-corrected chi connectivity index (χ2v) is 8.83. The Labute approximate surface area is 197 Å². The maximum Gasteiger partial charge on any atom is 0.269 e. The molecule has 180 valence electrons. The fraction of sp³-hybridized carbons (Fsp3) is 0.385. The van der Waals surface area contributed by atoms with E-state index in [1.807, 2.05) is 0 Å². The summed E-state index contributed by atoms with van der Waals surface area (Å²) in [5.74, 6) is -1.85. The lowest BCUT2D eigenvalue weighted by molar-refractivity contribution is 0.0819. The number of hydrogen-bond donors (Lipinski definition) is 4. The first kappa shape index (κ1) is 24.0. The minimum atomic E-state index is -0.988. The standard InChI is InChI=1S/C26H30F2N4O2/c1-2-16-6-7-18-4-3-5-22(21(18)10-16)30-14-25(33)23(32-26(34)24-13-29-15-31-24)11-17-8-19(27)12-20(28)9-17/h6-10,12-13,15,22-23,25,30,33H,2-5,11,14H2,1H3,(H,29,31)(H,32,34)/t22-,23-,25-/m0/s1. The largest absolute Gasteiger partial charge is 0.390 e. The van der Waals surface area contributed by atoms with Gasteiger partial charge in [-0.05, 0) is 66.5 Å². The first-order valence-electron chi connectivity index (χ1n) is 11.7. The molecule has 6 nitrogen and oxygen atoms in total. The lowest BCUT2D eigenvalue weighted by Crippen LogP contribution is -2.49. The Morgan fingerprint density at radius 3 is 2.71 bits per heavy atom. The first-order valence-corrected chi connectivity index (χ1v) is 11.7. The first-order chi connectivity index (χ1) is 16.4. The molecule has 0 radical (unpaired) electrons. The highest BCUT2D eigenvalue weighted by Gasteiger charge is 2.26. The topological polar surface area (TPSA) is 90.0 Å². The Kier molecular flexibility index (Phi) is 7.70. The molecule has 0 unspecified atom stereocenters. The fourth-order valence-electron chi connectivity index (χ4n) is 4.58. The quantitative estimate of drug-likeness (QED) is 0.386. The van der Waals surface area contributed by atoms with Crippen molar-refractivity contribution in [1.29, 1.82) is 0 Å². The van der Waals surface area contributed by atoms with Gasteiger partial charge < -0.3 is 20.7 Å². The predicted molar refractivity (Wildman–Crippen MR) is 125 cm³/mol. The maximum absolute atomic E-state index is 13.7. The Morgan fingerprint density at radius 2 is 2.00 bits per heavy atom. The molecule has 1 aromatic heterocycles. The number of amides is 1. The number of carbonyl (C=O) groups excluding carboxylic acids is 1. The van der Waals surface area contributed by atoms with Crippen LogP contribution in [0, 0.1) is 11.6 Å². The van der Waals surface area contributed by atoms with Gasteiger partial charge in [0.05, 0.1) is 24.7 Å². The van der Waals surface area contributed by atoms with Crippen molar-refractivity contribution in [2.75, 3.05) is 6.54 Å². The van der Waals surface area contributed by atoms with Gasteiger partial charge >= 0.3 is 0 Å². The number of nitrogens with one attached hydrogen (secondary N) is 3. The van der Waals surface area contributed by atoms with E-state index in [-0.39, 0.29) is 24.7 Å². The number of rotatable bonds is 9. The van der Waals surface area contributed by atoms with Crippen LogP contribution in [0.25, 0.3) is 0 Å². The molecule has 1 heterocycles. The summed E-state index contributed by atoms with van der Waals surface area (Å²) in [4.78, 5) is 19.2. The van der Waals surface area contributed by atoms with E-state index >= 15 is 0 Å². The lowest BCUT2D eigenvalue weighted by atomic mass is 9.86. The molecule has 0 saturated heterocycles. The zero-order chi connectivity index (χ0) is 24.1. The van der Waals surface area contributed by atoms with Gasteiger partial charge in [-0.2, -0.15) is 0 Å². The van der Waals surface area contributed by atoms with Crippen LogP contribution in [0.1, 0.15) is 58.5 Å². The molecule has 4 rings (SSSR count). The van der Waals surface area contributed by atoms with E-state index in [4.69, 9.17) is 0 Å². The summed E-state index contributed by atoms with van der Waals surface area (Å²) < 4.78 is 27.5. The number of hydrogen-bond acceptors (Lipinski definition) is 4. The number of fused-ring (bicyclic) bond motifs is 1. The second kappa shape index (κ2) is 10.9. The van der Waals surface area contributed by atoms with Crippen LogP contribution in [-0.4, -0.2) is 39.7 Å². The molecular weight excluding hydrogens is 438 g/mol. The van der Waals surface area contributed by atoms with E-state index in [0.29, 0.717) is 5.56 Å². The Hall–Kier alpha value is -3.10. The van der Waals surface area contributed by atoms with Crippen LogP contribution < -0.4 is 10.6 Å². The third-order valence-electron chi connectivity index (χ3n) is 6.41. The van der Waals surface area contributed by atoms with Crippen LogP contribution in [0.3, 0.4) is 0 Å². The molecule has 1 aliphatic rings. The van der Waals surface area contributed by atoms with E-state index in [2.05, 4.69) is 45.7 Å². The van der Waals surface area contributed by atoms with Gasteiger partial charge in [0.1, 0.15) is 17.3 Å². The summed E-state index contributed by atoms with van der Waals surface area (Å²) in [6, 6.07) is 9.12. The zero-order valence-corrected chi connectivity index (χ0v) is 19.2. The molecule has 4 N–H and O–H groups in total. The normalized spacial score (nSPS) is 17.1. The lowest BCUT2D eigenvalue weighted by Gasteiger charge is -2.30. The molecule has 1 aliphatic carbocycles. The molecule has 0 aliphatic heterocycles. The van der Waals surface area contributed by atoms with Crippen molar-refractivity contribution in [3.63, 3.8) is 0 Å². The van der Waals surface area contributed by atoms with Crippen molar-refractivity contribution in [3.05, 3.63) is 88.5 Å². The molecule has 2 aromatic carbocycles. The molecule has 0 saturated carbocycles. The summed E-state index contributed by atoms with van der Waals surface area (Å²) >= 11 is 0. The van der Waals surface area contributed by atoms with E-state index in [9.17, 15) is 18.7 Å². The van der Waals surface area contributed by atoms with Crippen molar-refractivity contribution >= 4 is 5.91 Å². The molecule has 8 heteroatoms. The minimum Gasteiger partial charge on any atom is -0.390 e. The van der Waals surface area contributed by atoms with Gasteiger partial charge in [0.25, 0.3) is 5.91 Å². The molecule has 3 aromatic rings. The number of benzene rings is 2. The van der Waals surface area contributed by atoms with Gasteiger partial charge in [-0.3, -0.25) is 4.79 Å². The number of halogens is 2. The molecule has 34 heavy (non-hydrogen) atoms. The highest BCUT2D eigenvalue weighted by molar-refractivity contribution is 5.92. The third-order valence-corrected chi connectivity index (χ3v) is 6.41. The van der Waals surface area contributed by atoms with Crippen molar-refractivity contribution in [1.82, 2.24) is 20.6 Å². The molecule has 3 atom stereocenters. The van der Waals surface area contributed by atoms with E-state index in [1.165, 1.54) is 41.3 Å². The summed E-state index contributed by atoms with van der Waals surface area (Å²) in [6.45, 7) is 2.34. The van der Waals surface area contributed by atoms with Gasteiger partial charge in [-0.1, -0.05) is 25.1 Å². The van der Waals surface area contributed by atoms with Crippen molar-refractivity contribution in [3.8, 4) is 0 Å². The predicted octanol–water partition coefficient (Wildman–Crippen LogP) is 3.62. The van der Waals surface area contributed by atoms with Crippen LogP contribution in [0.15, 0.2) is 48.9 Å². The van der Waals surface area contributed by atoms with Gasteiger partial charge in [0.15, 0.2) is 0 Å². The number of imidazole rings is 1. The average molecular weight is 469 g/mol. The Balaban J connectivity index is 1.49.